The summed E-state index contributed by atoms with van der Waals surface area (Å²) in [6.45, 7) is 1.71. The van der Waals surface area contributed by atoms with Gasteiger partial charge in [-0.15, -0.1) is 0 Å². The van der Waals surface area contributed by atoms with Crippen molar-refractivity contribution < 1.29 is 14.7 Å². The number of aliphatic carboxylic acids is 1. The second kappa shape index (κ2) is 7.27. The van der Waals surface area contributed by atoms with Crippen LogP contribution in [0, 0.1) is 0 Å². The maximum Gasteiger partial charge on any atom is 0.326 e. The van der Waals surface area contributed by atoms with E-state index in [9.17, 15) is 9.59 Å². The van der Waals surface area contributed by atoms with Crippen LogP contribution in [-0.4, -0.2) is 23.0 Å². The summed E-state index contributed by atoms with van der Waals surface area (Å²) in [7, 11) is 0. The Kier molecular flexibility index (Phi) is 5.64. The second-order valence-corrected chi connectivity index (χ2v) is 3.92. The Balaban J connectivity index is 2.53. The zero-order valence-electron chi connectivity index (χ0n) is 10.3. The van der Waals surface area contributed by atoms with Crippen LogP contribution in [0.4, 0.5) is 0 Å². The number of carbonyl (C=O) groups excluding carboxylic acids is 1. The largest absolute Gasteiger partial charge is 0.480 e. The van der Waals surface area contributed by atoms with Gasteiger partial charge in [-0.1, -0.05) is 36.4 Å². The van der Waals surface area contributed by atoms with Crippen molar-refractivity contribution in [2.75, 3.05) is 0 Å². The number of benzene rings is 1. The van der Waals surface area contributed by atoms with Crippen molar-refractivity contribution in [2.24, 2.45) is 0 Å². The quantitative estimate of drug-likeness (QED) is 0.753. The molecule has 0 aliphatic carbocycles. The first-order valence-electron chi connectivity index (χ1n) is 5.83. The molecule has 4 heteroatoms. The summed E-state index contributed by atoms with van der Waals surface area (Å²) in [5, 5.41) is 11.5. The van der Waals surface area contributed by atoms with E-state index in [4.69, 9.17) is 5.11 Å². The van der Waals surface area contributed by atoms with Crippen molar-refractivity contribution in [3.63, 3.8) is 0 Å². The normalized spacial score (nSPS) is 12.3. The lowest BCUT2D eigenvalue weighted by molar-refractivity contribution is -0.141. The van der Waals surface area contributed by atoms with E-state index in [1.54, 1.807) is 13.0 Å². The van der Waals surface area contributed by atoms with Gasteiger partial charge in [-0.25, -0.2) is 4.79 Å². The van der Waals surface area contributed by atoms with E-state index in [0.717, 1.165) is 5.56 Å². The summed E-state index contributed by atoms with van der Waals surface area (Å²) in [5.41, 5.74) is 1.06. The lowest BCUT2D eigenvalue weighted by atomic mass is 10.1. The van der Waals surface area contributed by atoms with Crippen LogP contribution in [0.1, 0.15) is 18.9 Å². The van der Waals surface area contributed by atoms with E-state index in [-0.39, 0.29) is 5.91 Å². The van der Waals surface area contributed by atoms with Gasteiger partial charge >= 0.3 is 5.97 Å². The van der Waals surface area contributed by atoms with Crippen molar-refractivity contribution >= 4 is 11.9 Å². The molecule has 2 N–H and O–H groups in total. The maximum atomic E-state index is 11.3. The van der Waals surface area contributed by atoms with Crippen LogP contribution in [0.15, 0.2) is 42.5 Å². The molecule has 0 saturated carbocycles. The molecule has 1 atom stereocenters. The number of aryl methyl sites for hydroxylation is 1. The Morgan fingerprint density at radius 3 is 2.56 bits per heavy atom. The number of hydrogen-bond acceptors (Lipinski definition) is 2. The third-order valence-corrected chi connectivity index (χ3v) is 2.50. The van der Waals surface area contributed by atoms with Gasteiger partial charge in [-0.05, 0) is 31.4 Å². The van der Waals surface area contributed by atoms with Crippen LogP contribution >= 0.6 is 0 Å². The Hall–Kier alpha value is -2.10. The molecule has 0 aromatic heterocycles. The van der Waals surface area contributed by atoms with Crippen molar-refractivity contribution in [1.29, 1.82) is 0 Å². The van der Waals surface area contributed by atoms with Crippen molar-refractivity contribution in [1.82, 2.24) is 5.32 Å². The van der Waals surface area contributed by atoms with Gasteiger partial charge in [0.25, 0.3) is 0 Å². The van der Waals surface area contributed by atoms with E-state index in [0.29, 0.717) is 12.8 Å². The van der Waals surface area contributed by atoms with Crippen LogP contribution in [0.5, 0.6) is 0 Å². The molecular formula is C14H17NO3. The molecule has 1 aromatic carbocycles. The number of nitrogens with one attached hydrogen (secondary N) is 1. The van der Waals surface area contributed by atoms with Crippen LogP contribution in [0.25, 0.3) is 0 Å². The molecule has 0 radical (unpaired) electrons. The third-order valence-electron chi connectivity index (χ3n) is 2.50. The third kappa shape index (κ3) is 4.82. The van der Waals surface area contributed by atoms with Crippen molar-refractivity contribution in [3.8, 4) is 0 Å². The van der Waals surface area contributed by atoms with E-state index < -0.39 is 12.0 Å². The van der Waals surface area contributed by atoms with E-state index in [2.05, 4.69) is 5.32 Å². The zero-order valence-corrected chi connectivity index (χ0v) is 10.3. The van der Waals surface area contributed by atoms with Gasteiger partial charge in [-0.2, -0.15) is 0 Å². The number of carboxylic acids is 1. The number of rotatable bonds is 6. The summed E-state index contributed by atoms with van der Waals surface area (Å²) in [6, 6.07) is 8.74. The summed E-state index contributed by atoms with van der Waals surface area (Å²) in [6.07, 6.45) is 3.89. The van der Waals surface area contributed by atoms with E-state index >= 15 is 0 Å². The molecule has 0 aliphatic rings. The molecule has 0 bridgehead atoms. The smallest absolute Gasteiger partial charge is 0.326 e. The molecule has 1 rings (SSSR count). The molecule has 4 nitrogen and oxygen atoms in total. The number of carbonyl (C=O) groups is 2. The number of allylic oxidation sites excluding steroid dienone is 1. The van der Waals surface area contributed by atoms with Crippen LogP contribution in [0.2, 0.25) is 0 Å². The first-order chi connectivity index (χ1) is 8.63. The minimum absolute atomic E-state index is 0.377. The molecular weight excluding hydrogens is 230 g/mol. The highest BCUT2D eigenvalue weighted by molar-refractivity contribution is 5.90. The van der Waals surface area contributed by atoms with E-state index in [1.807, 2.05) is 30.3 Å². The topological polar surface area (TPSA) is 66.4 Å². The molecule has 18 heavy (non-hydrogen) atoms. The van der Waals surface area contributed by atoms with E-state index in [1.165, 1.54) is 6.08 Å². The van der Waals surface area contributed by atoms with Gasteiger partial charge in [0.05, 0.1) is 0 Å². The SMILES string of the molecule is C/C=C/C(=O)NC(CCc1ccccc1)C(=O)O. The van der Waals surface area contributed by atoms with Crippen LogP contribution in [0.3, 0.4) is 0 Å². The Morgan fingerprint density at radius 1 is 1.33 bits per heavy atom. The highest BCUT2D eigenvalue weighted by Gasteiger charge is 2.18. The number of carboxylic acid groups (broad SMARTS) is 1. The fourth-order valence-corrected chi connectivity index (χ4v) is 1.58. The van der Waals surface area contributed by atoms with Crippen molar-refractivity contribution in [2.45, 2.75) is 25.8 Å². The average molecular weight is 247 g/mol. The predicted molar refractivity (Wildman–Crippen MR) is 69.1 cm³/mol. The molecule has 0 fully saturated rings. The summed E-state index contributed by atoms with van der Waals surface area (Å²) < 4.78 is 0. The van der Waals surface area contributed by atoms with Gasteiger partial charge in [0.2, 0.25) is 5.91 Å². The molecule has 1 aromatic rings. The van der Waals surface area contributed by atoms with Gasteiger partial charge in [-0.3, -0.25) is 4.79 Å². The Morgan fingerprint density at radius 2 is 2.00 bits per heavy atom. The molecule has 1 amide bonds. The highest BCUT2D eigenvalue weighted by atomic mass is 16.4. The molecule has 0 spiro atoms. The summed E-state index contributed by atoms with van der Waals surface area (Å²) in [4.78, 5) is 22.3. The maximum absolute atomic E-state index is 11.3. The monoisotopic (exact) mass is 247 g/mol. The lowest BCUT2D eigenvalue weighted by Gasteiger charge is -2.13. The minimum Gasteiger partial charge on any atom is -0.480 e. The van der Waals surface area contributed by atoms with Gasteiger partial charge in [0.1, 0.15) is 6.04 Å². The fraction of sp³-hybridized carbons (Fsp3) is 0.286. The van der Waals surface area contributed by atoms with Gasteiger partial charge in [0, 0.05) is 0 Å². The minimum atomic E-state index is -1.01. The van der Waals surface area contributed by atoms with Crippen LogP contribution < -0.4 is 5.32 Å². The molecule has 0 saturated heterocycles. The number of hydrogen-bond donors (Lipinski definition) is 2. The zero-order chi connectivity index (χ0) is 13.4. The second-order valence-electron chi connectivity index (χ2n) is 3.92. The molecule has 0 aliphatic heterocycles. The first-order valence-corrected chi connectivity index (χ1v) is 5.83. The highest BCUT2D eigenvalue weighted by Crippen LogP contribution is 2.05. The van der Waals surface area contributed by atoms with Crippen LogP contribution in [-0.2, 0) is 16.0 Å². The van der Waals surface area contributed by atoms with Gasteiger partial charge in [0.15, 0.2) is 0 Å². The summed E-state index contributed by atoms with van der Waals surface area (Å²) in [5.74, 6) is -1.39. The van der Waals surface area contributed by atoms with Crippen molar-refractivity contribution in [3.05, 3.63) is 48.0 Å². The standard InChI is InChI=1S/C14H17NO3/c1-2-6-13(16)15-12(14(17)18)10-9-11-7-4-3-5-8-11/h2-8,12H,9-10H2,1H3,(H,15,16)(H,17,18)/b6-2+. The predicted octanol–water partition coefficient (Wildman–Crippen LogP) is 1.76. The first kappa shape index (κ1) is 14.0. The molecule has 96 valence electrons. The average Bonchev–Trinajstić information content (AvgIpc) is 2.35. The molecule has 1 unspecified atom stereocenters. The number of amides is 1. The Labute approximate surface area is 106 Å². The lowest BCUT2D eigenvalue weighted by Crippen LogP contribution is -2.40. The fourth-order valence-electron chi connectivity index (χ4n) is 1.58. The summed E-state index contributed by atoms with van der Waals surface area (Å²) >= 11 is 0. The Bertz CT molecular complexity index is 426. The van der Waals surface area contributed by atoms with Gasteiger partial charge < -0.3 is 10.4 Å². The molecule has 0 heterocycles.